The predicted molar refractivity (Wildman–Crippen MR) is 226 cm³/mol. The van der Waals surface area contributed by atoms with Gasteiger partial charge >= 0.3 is 5.97 Å². The first-order valence-electron chi connectivity index (χ1n) is 19.8. The fourth-order valence-electron chi connectivity index (χ4n) is 6.07. The van der Waals surface area contributed by atoms with Gasteiger partial charge < -0.3 is 46.2 Å². The predicted octanol–water partition coefficient (Wildman–Crippen LogP) is 4.31. The Kier molecular flexibility index (Phi) is 22.2. The van der Waals surface area contributed by atoms with E-state index < -0.39 is 30.1 Å². The fraction of sp³-hybridized carbons (Fsp3) is 0.523. The van der Waals surface area contributed by atoms with Crippen LogP contribution in [-0.4, -0.2) is 104 Å². The highest BCUT2D eigenvalue weighted by molar-refractivity contribution is 6.01. The summed E-state index contributed by atoms with van der Waals surface area (Å²) < 4.78 is 11.1. The second kappa shape index (κ2) is 26.2. The third-order valence-corrected chi connectivity index (χ3v) is 9.32. The Morgan fingerprint density at radius 1 is 0.948 bits per heavy atom. The number of amides is 3. The highest BCUT2D eigenvalue weighted by Gasteiger charge is 2.31. The van der Waals surface area contributed by atoms with Crippen molar-refractivity contribution >= 4 is 29.4 Å². The van der Waals surface area contributed by atoms with Gasteiger partial charge in [-0.05, 0) is 80.1 Å². The van der Waals surface area contributed by atoms with E-state index in [2.05, 4.69) is 41.0 Å². The van der Waals surface area contributed by atoms with Gasteiger partial charge in [-0.2, -0.15) is 0 Å². The minimum Gasteiger partial charge on any atom is -0.478 e. The Morgan fingerprint density at radius 2 is 1.60 bits per heavy atom. The summed E-state index contributed by atoms with van der Waals surface area (Å²) >= 11 is 0. The summed E-state index contributed by atoms with van der Waals surface area (Å²) in [5, 5.41) is 31.8. The molecule has 0 bridgehead atoms. The molecule has 3 amide bonds. The molecule has 1 aliphatic rings. The number of carbonyl (C=O) groups is 4. The van der Waals surface area contributed by atoms with Crippen LogP contribution in [0.3, 0.4) is 0 Å². The summed E-state index contributed by atoms with van der Waals surface area (Å²) in [6, 6.07) is 7.67. The molecule has 0 spiro atoms. The van der Waals surface area contributed by atoms with Crippen molar-refractivity contribution < 1.29 is 43.7 Å². The number of nitrogens with one attached hydrogen (secondary N) is 3. The number of nitrogens with two attached hydrogens (primary N) is 1. The molecule has 1 aliphatic carbocycles. The molecule has 0 fully saturated rings. The van der Waals surface area contributed by atoms with Gasteiger partial charge in [0.05, 0.1) is 32.1 Å². The quantitative estimate of drug-likeness (QED) is 0.0357. The number of rotatable bonds is 25. The van der Waals surface area contributed by atoms with Gasteiger partial charge in [0.1, 0.15) is 12.1 Å². The Labute approximate surface area is 343 Å². The van der Waals surface area contributed by atoms with Gasteiger partial charge in [0.25, 0.3) is 11.8 Å². The first-order chi connectivity index (χ1) is 27.5. The average Bonchev–Trinajstić information content (AvgIpc) is 3.15. The highest BCUT2D eigenvalue weighted by Crippen LogP contribution is 2.40. The van der Waals surface area contributed by atoms with Crippen molar-refractivity contribution in [1.82, 2.24) is 16.0 Å². The van der Waals surface area contributed by atoms with Crippen molar-refractivity contribution in [2.24, 2.45) is 22.2 Å². The molecule has 14 nitrogen and oxygen atoms in total. The molecule has 0 unspecified atom stereocenters. The zero-order chi connectivity index (χ0) is 43.1. The summed E-state index contributed by atoms with van der Waals surface area (Å²) in [5.74, 6) is -2.26. The number of aliphatic hydroxyl groups excluding tert-OH is 1. The van der Waals surface area contributed by atoms with E-state index in [1.54, 1.807) is 13.0 Å². The zero-order valence-corrected chi connectivity index (χ0v) is 35.2. The van der Waals surface area contributed by atoms with E-state index in [1.165, 1.54) is 0 Å². The van der Waals surface area contributed by atoms with Gasteiger partial charge in [0.2, 0.25) is 5.91 Å². The van der Waals surface area contributed by atoms with Crippen LogP contribution in [-0.2, 0) is 39.9 Å². The molecule has 7 N–H and O–H groups in total. The van der Waals surface area contributed by atoms with Crippen LogP contribution in [0.1, 0.15) is 73.3 Å². The largest absolute Gasteiger partial charge is 0.478 e. The van der Waals surface area contributed by atoms with E-state index in [-0.39, 0.29) is 69.3 Å². The summed E-state index contributed by atoms with van der Waals surface area (Å²) in [6.45, 7) is 15.3. The Morgan fingerprint density at radius 3 is 2.24 bits per heavy atom. The van der Waals surface area contributed by atoms with Gasteiger partial charge in [-0.15, -0.1) is 0 Å². The molecular weight excluding hydrogens is 743 g/mol. The number of carboxylic acid groups (broad SMARTS) is 1. The van der Waals surface area contributed by atoms with Gasteiger partial charge in [-0.25, -0.2) is 4.79 Å². The van der Waals surface area contributed by atoms with Crippen LogP contribution in [0.2, 0.25) is 0 Å². The molecule has 3 atom stereocenters. The number of carboxylic acids is 1. The molecular formula is C44H65N5O9. The third-order valence-electron chi connectivity index (χ3n) is 9.32. The Hall–Kier alpha value is -4.89. The maximum Gasteiger partial charge on any atom is 0.328 e. The number of allylic oxidation sites excluding steroid dienone is 9. The second-order valence-corrected chi connectivity index (χ2v) is 15.4. The van der Waals surface area contributed by atoms with Crippen LogP contribution < -0.4 is 21.7 Å². The van der Waals surface area contributed by atoms with Crippen molar-refractivity contribution in [3.8, 4) is 0 Å². The molecule has 1 aromatic rings. The van der Waals surface area contributed by atoms with Gasteiger partial charge in [0, 0.05) is 25.2 Å². The Balaban J connectivity index is 1.67. The summed E-state index contributed by atoms with van der Waals surface area (Å²) in [7, 11) is 0. The maximum absolute atomic E-state index is 12.9. The lowest BCUT2D eigenvalue weighted by Gasteiger charge is -2.33. The number of benzene rings is 1. The molecule has 0 radical (unpaired) electrons. The van der Waals surface area contributed by atoms with Crippen LogP contribution in [0.4, 0.5) is 0 Å². The molecule has 2 rings (SSSR count). The van der Waals surface area contributed by atoms with Crippen molar-refractivity contribution in [2.75, 3.05) is 46.1 Å². The van der Waals surface area contributed by atoms with E-state index in [0.29, 0.717) is 18.4 Å². The lowest BCUT2D eigenvalue weighted by Crippen LogP contribution is -2.54. The lowest BCUT2D eigenvalue weighted by atomic mass is 9.72. The molecule has 1 aromatic carbocycles. The van der Waals surface area contributed by atoms with Crippen LogP contribution in [0.25, 0.3) is 0 Å². The SMILES string of the molecule is CC1=C(/C=C/C(C)=C/C=C/C(C)=C/C(=O)O)C(C)(C)CC/C1=N/OCC(=O)NCCOCCOCCNC(=O)[C@H](CC(C)C)NC(=O)[C@@H](O)[C@H](N)Cc1ccccc1. The normalized spacial score (nSPS) is 17.1. The second-order valence-electron chi connectivity index (χ2n) is 15.4. The van der Waals surface area contributed by atoms with Crippen LogP contribution in [0.5, 0.6) is 0 Å². The van der Waals surface area contributed by atoms with E-state index in [4.69, 9.17) is 25.2 Å². The van der Waals surface area contributed by atoms with Crippen molar-refractivity contribution in [2.45, 2.75) is 92.3 Å². The number of ether oxygens (including phenoxy) is 2. The molecule has 58 heavy (non-hydrogen) atoms. The molecule has 320 valence electrons. The molecule has 14 heteroatoms. The van der Waals surface area contributed by atoms with Crippen molar-refractivity contribution in [3.05, 3.63) is 94.6 Å². The zero-order valence-electron chi connectivity index (χ0n) is 35.2. The summed E-state index contributed by atoms with van der Waals surface area (Å²) in [4.78, 5) is 54.2. The van der Waals surface area contributed by atoms with E-state index in [9.17, 15) is 24.3 Å². The number of hydrogen-bond donors (Lipinski definition) is 6. The number of carbonyl (C=O) groups excluding carboxylic acids is 3. The first kappa shape index (κ1) is 49.3. The third kappa shape index (κ3) is 19.5. The number of nitrogens with zero attached hydrogens (tertiary/aromatic N) is 1. The van der Waals surface area contributed by atoms with Crippen LogP contribution in [0.15, 0.2) is 94.2 Å². The number of oxime groups is 1. The molecule has 0 saturated carbocycles. The minimum absolute atomic E-state index is 0.0726. The van der Waals surface area contributed by atoms with Gasteiger partial charge in [-0.1, -0.05) is 99.1 Å². The van der Waals surface area contributed by atoms with Crippen LogP contribution >= 0.6 is 0 Å². The maximum atomic E-state index is 12.9. The van der Waals surface area contributed by atoms with E-state index in [1.807, 2.05) is 76.3 Å². The number of hydrogen-bond acceptors (Lipinski definition) is 10. The topological polar surface area (TPSA) is 211 Å². The van der Waals surface area contributed by atoms with Crippen LogP contribution in [0, 0.1) is 11.3 Å². The van der Waals surface area contributed by atoms with E-state index >= 15 is 0 Å². The fourth-order valence-corrected chi connectivity index (χ4v) is 6.07. The minimum atomic E-state index is -1.47. The lowest BCUT2D eigenvalue weighted by molar-refractivity contribution is -0.135. The highest BCUT2D eigenvalue weighted by atomic mass is 16.6. The standard InChI is InChI=1S/C44H65N5O9/c1-30(2)26-38(48-43(55)41(53)36(45)28-34-14-9-8-10-15-34)42(54)47-21-23-57-25-24-56-22-20-46-39(50)29-58-49-37-18-19-44(6,7)35(33(37)5)17-16-31(3)12-11-13-32(4)27-40(51)52/h8-17,27,30,36,38,41,53H,18-26,28-29,45H2,1-7H3,(H,46,50)(H,47,54)(H,48,55)(H,51,52)/b13-11+,17-16+,31-12+,32-27+,49-37-/t36-,38+,41+/m1/s1. The Bertz CT molecular complexity index is 1680. The number of aliphatic carboxylic acids is 1. The monoisotopic (exact) mass is 807 g/mol. The summed E-state index contributed by atoms with van der Waals surface area (Å²) in [5.41, 5.74) is 11.5. The molecule has 0 heterocycles. The van der Waals surface area contributed by atoms with E-state index in [0.717, 1.165) is 46.9 Å². The van der Waals surface area contributed by atoms with Crippen molar-refractivity contribution in [3.63, 3.8) is 0 Å². The van der Waals surface area contributed by atoms with Crippen molar-refractivity contribution in [1.29, 1.82) is 0 Å². The molecule has 0 aliphatic heterocycles. The first-order valence-corrected chi connectivity index (χ1v) is 19.8. The smallest absolute Gasteiger partial charge is 0.328 e. The number of aliphatic hydroxyl groups is 1. The van der Waals surface area contributed by atoms with Gasteiger partial charge in [-0.3, -0.25) is 14.4 Å². The molecule has 0 aromatic heterocycles. The average molecular weight is 808 g/mol. The van der Waals surface area contributed by atoms with Gasteiger partial charge in [0.15, 0.2) is 6.61 Å². The summed E-state index contributed by atoms with van der Waals surface area (Å²) in [6.07, 6.45) is 11.5. The molecule has 0 saturated heterocycles.